The van der Waals surface area contributed by atoms with Crippen molar-refractivity contribution in [1.29, 1.82) is 0 Å². The lowest BCUT2D eigenvalue weighted by atomic mass is 10.1. The van der Waals surface area contributed by atoms with Crippen molar-refractivity contribution >= 4 is 28.4 Å². The van der Waals surface area contributed by atoms with Crippen molar-refractivity contribution in [2.75, 3.05) is 5.32 Å². The highest BCUT2D eigenvalue weighted by Gasteiger charge is 2.34. The number of amides is 2. The van der Waals surface area contributed by atoms with Crippen molar-refractivity contribution in [2.45, 2.75) is 33.0 Å². The van der Waals surface area contributed by atoms with E-state index in [0.717, 1.165) is 18.6 Å². The smallest absolute Gasteiger partial charge is 0.419 e. The van der Waals surface area contributed by atoms with Crippen LogP contribution in [0.2, 0.25) is 0 Å². The minimum atomic E-state index is -4.96. The minimum Gasteiger partial charge on any atom is -0.438 e. The van der Waals surface area contributed by atoms with Crippen LogP contribution >= 0.6 is 0 Å². The van der Waals surface area contributed by atoms with Gasteiger partial charge in [0.25, 0.3) is 12.3 Å². The molecule has 0 bridgehead atoms. The molecule has 2 aromatic heterocycles. The van der Waals surface area contributed by atoms with Crippen molar-refractivity contribution in [3.8, 4) is 11.6 Å². The van der Waals surface area contributed by atoms with Gasteiger partial charge in [-0.25, -0.2) is 23.1 Å². The maximum Gasteiger partial charge on any atom is 0.419 e. The van der Waals surface area contributed by atoms with E-state index < -0.39 is 41.1 Å². The zero-order chi connectivity index (χ0) is 29.9. The molecule has 2 heterocycles. The van der Waals surface area contributed by atoms with Gasteiger partial charge in [-0.15, -0.1) is 0 Å². The van der Waals surface area contributed by atoms with E-state index in [1.165, 1.54) is 24.3 Å². The zero-order valence-corrected chi connectivity index (χ0v) is 21.4. The Kier molecular flexibility index (Phi) is 8.40. The molecule has 4 aromatic rings. The molecule has 0 radical (unpaired) electrons. The largest absolute Gasteiger partial charge is 0.438 e. The molecule has 0 saturated heterocycles. The number of anilines is 1. The number of nitrogens with one attached hydrogen (secondary N) is 2. The summed E-state index contributed by atoms with van der Waals surface area (Å²) in [6, 6.07) is 7.57. The molecule has 14 heteroatoms. The van der Waals surface area contributed by atoms with Gasteiger partial charge in [-0.2, -0.15) is 13.2 Å². The molecule has 0 spiro atoms. The second-order valence-corrected chi connectivity index (χ2v) is 9.03. The lowest BCUT2D eigenvalue weighted by Crippen LogP contribution is -2.27. The summed E-state index contributed by atoms with van der Waals surface area (Å²) in [4.78, 5) is 36.7. The Morgan fingerprint density at radius 3 is 2.46 bits per heavy atom. The van der Waals surface area contributed by atoms with Gasteiger partial charge in [0.1, 0.15) is 29.1 Å². The van der Waals surface area contributed by atoms with Crippen LogP contribution in [0.3, 0.4) is 0 Å². The molecule has 2 aromatic carbocycles. The number of aromatic nitrogens is 3. The molecule has 4 rings (SSSR count). The highest BCUT2D eigenvalue weighted by molar-refractivity contribution is 6.09. The average Bonchev–Trinajstić information content (AvgIpc) is 2.92. The van der Waals surface area contributed by atoms with Crippen LogP contribution in [0.25, 0.3) is 10.9 Å². The van der Waals surface area contributed by atoms with Crippen LogP contribution < -0.4 is 15.4 Å². The number of halogens is 6. The highest BCUT2D eigenvalue weighted by Crippen LogP contribution is 2.36. The van der Waals surface area contributed by atoms with Gasteiger partial charge < -0.3 is 15.4 Å². The van der Waals surface area contributed by atoms with Crippen LogP contribution in [-0.4, -0.2) is 26.8 Å². The van der Waals surface area contributed by atoms with Gasteiger partial charge in [-0.3, -0.25) is 14.6 Å². The van der Waals surface area contributed by atoms with Crippen molar-refractivity contribution in [1.82, 2.24) is 20.3 Å². The number of hydrogen-bond donors (Lipinski definition) is 2. The topological polar surface area (TPSA) is 106 Å². The van der Waals surface area contributed by atoms with Gasteiger partial charge in [0, 0.05) is 18.7 Å². The summed E-state index contributed by atoms with van der Waals surface area (Å²) in [5.74, 6) is -3.59. The quantitative estimate of drug-likeness (QED) is 0.234. The SMILES string of the molecule is CC(C)C(=O)NCc1cnc(C(F)F)c(C(=O)Nc2cccc3c(Oc4ccc(F)c(C(F)(F)F)c4)ncnc23)c1. The number of rotatable bonds is 8. The molecule has 0 saturated carbocycles. The van der Waals surface area contributed by atoms with E-state index in [0.29, 0.717) is 17.7 Å². The number of alkyl halides is 5. The number of pyridine rings is 1. The molecular weight excluding hydrogens is 556 g/mol. The van der Waals surface area contributed by atoms with Crippen LogP contribution in [0.4, 0.5) is 32.0 Å². The maximum absolute atomic E-state index is 13.7. The van der Waals surface area contributed by atoms with Gasteiger partial charge in [0.05, 0.1) is 22.2 Å². The number of benzene rings is 2. The van der Waals surface area contributed by atoms with E-state index in [4.69, 9.17) is 4.74 Å². The molecule has 0 atom stereocenters. The fourth-order valence-electron chi connectivity index (χ4n) is 3.70. The van der Waals surface area contributed by atoms with Crippen molar-refractivity contribution < 1.29 is 40.7 Å². The fraction of sp³-hybridized carbons (Fsp3) is 0.222. The molecule has 0 aliphatic carbocycles. The minimum absolute atomic E-state index is 0.0462. The van der Waals surface area contributed by atoms with Crippen molar-refractivity contribution in [2.24, 2.45) is 5.92 Å². The number of hydrogen-bond acceptors (Lipinski definition) is 6. The number of carbonyl (C=O) groups is 2. The third-order valence-corrected chi connectivity index (χ3v) is 5.75. The molecule has 0 aliphatic rings. The Bertz CT molecular complexity index is 1610. The average molecular weight is 577 g/mol. The van der Waals surface area contributed by atoms with E-state index in [9.17, 15) is 35.9 Å². The number of nitrogens with zero attached hydrogens (tertiary/aromatic N) is 3. The van der Waals surface area contributed by atoms with E-state index in [1.807, 2.05) is 0 Å². The Balaban J connectivity index is 1.64. The lowest BCUT2D eigenvalue weighted by molar-refractivity contribution is -0.140. The van der Waals surface area contributed by atoms with Crippen LogP contribution in [0.5, 0.6) is 11.6 Å². The molecule has 8 nitrogen and oxygen atoms in total. The van der Waals surface area contributed by atoms with Crippen LogP contribution in [-0.2, 0) is 17.5 Å². The third-order valence-electron chi connectivity index (χ3n) is 5.75. The van der Waals surface area contributed by atoms with E-state index >= 15 is 0 Å². The summed E-state index contributed by atoms with van der Waals surface area (Å²) in [6.45, 7) is 3.31. The van der Waals surface area contributed by atoms with Gasteiger partial charge in [0.2, 0.25) is 11.8 Å². The molecule has 2 amide bonds. The monoisotopic (exact) mass is 577 g/mol. The first-order valence-corrected chi connectivity index (χ1v) is 12.0. The first-order valence-electron chi connectivity index (χ1n) is 12.0. The van der Waals surface area contributed by atoms with E-state index in [-0.39, 0.29) is 46.6 Å². The summed E-state index contributed by atoms with van der Waals surface area (Å²) >= 11 is 0. The Morgan fingerprint density at radius 1 is 1.02 bits per heavy atom. The van der Waals surface area contributed by atoms with Gasteiger partial charge in [-0.05, 0) is 42.0 Å². The number of para-hydroxylation sites is 1. The van der Waals surface area contributed by atoms with Crippen LogP contribution in [0, 0.1) is 11.7 Å². The second-order valence-electron chi connectivity index (χ2n) is 9.03. The number of fused-ring (bicyclic) bond motifs is 1. The van der Waals surface area contributed by atoms with Gasteiger partial charge >= 0.3 is 6.18 Å². The Hall–Kier alpha value is -4.75. The standard InChI is InChI=1S/C27H21F6N5O3/c1-13(2)24(39)35-11-14-8-17(22(23(29)30)34-10-14)25(40)38-20-5-3-4-16-21(20)36-12-37-26(16)41-15-6-7-19(28)18(9-15)27(31,32)33/h3-10,12-13,23H,11H2,1-2H3,(H,35,39)(H,38,40). The Morgan fingerprint density at radius 2 is 1.78 bits per heavy atom. The Labute approximate surface area is 228 Å². The molecule has 2 N–H and O–H groups in total. The van der Waals surface area contributed by atoms with Crippen molar-refractivity contribution in [3.63, 3.8) is 0 Å². The van der Waals surface area contributed by atoms with Gasteiger partial charge in [-0.1, -0.05) is 19.9 Å². The lowest BCUT2D eigenvalue weighted by Gasteiger charge is -2.14. The maximum atomic E-state index is 13.7. The summed E-state index contributed by atoms with van der Waals surface area (Å²) < 4.78 is 85.9. The number of ether oxygens (including phenoxy) is 1. The summed E-state index contributed by atoms with van der Waals surface area (Å²) in [5, 5.41) is 5.26. The third kappa shape index (κ3) is 6.70. The number of carbonyl (C=O) groups excluding carboxylic acids is 2. The molecule has 0 fully saturated rings. The molecule has 41 heavy (non-hydrogen) atoms. The first kappa shape index (κ1) is 29.2. The van der Waals surface area contributed by atoms with Crippen LogP contribution in [0.15, 0.2) is 55.0 Å². The zero-order valence-electron chi connectivity index (χ0n) is 21.4. The highest BCUT2D eigenvalue weighted by atomic mass is 19.4. The summed E-state index contributed by atoms with van der Waals surface area (Å²) in [6.07, 6.45) is -5.89. The predicted octanol–water partition coefficient (Wildman–Crippen LogP) is 6.44. The summed E-state index contributed by atoms with van der Waals surface area (Å²) in [7, 11) is 0. The fourth-order valence-corrected chi connectivity index (χ4v) is 3.70. The van der Waals surface area contributed by atoms with E-state index in [2.05, 4.69) is 25.6 Å². The van der Waals surface area contributed by atoms with Crippen molar-refractivity contribution in [3.05, 3.63) is 83.2 Å². The molecular formula is C27H21F6N5O3. The molecule has 0 aliphatic heterocycles. The molecule has 0 unspecified atom stereocenters. The van der Waals surface area contributed by atoms with Crippen LogP contribution in [0.1, 0.15) is 47.5 Å². The normalized spacial score (nSPS) is 11.7. The van der Waals surface area contributed by atoms with E-state index in [1.54, 1.807) is 13.8 Å². The predicted molar refractivity (Wildman–Crippen MR) is 135 cm³/mol. The first-order chi connectivity index (χ1) is 19.3. The molecule has 214 valence electrons. The van der Waals surface area contributed by atoms with Gasteiger partial charge in [0.15, 0.2) is 0 Å². The second kappa shape index (κ2) is 11.8. The summed E-state index contributed by atoms with van der Waals surface area (Å²) in [5.41, 5.74) is -2.32.